The van der Waals surface area contributed by atoms with Crippen molar-refractivity contribution in [3.05, 3.63) is 34.7 Å². The molecular weight excluding hydrogens is 484 g/mol. The number of allylic oxidation sites excluding steroid dienone is 1. The second-order valence-corrected chi connectivity index (χ2v) is 12.4. The average molecular weight is 521 g/mol. The molecular formula is C30H36N2O6. The molecule has 1 aromatic rings. The molecule has 0 amide bonds. The van der Waals surface area contributed by atoms with E-state index in [-0.39, 0.29) is 46.9 Å². The number of carbonyl (C=O) groups is 2. The van der Waals surface area contributed by atoms with Crippen LogP contribution in [-0.4, -0.2) is 78.8 Å². The van der Waals surface area contributed by atoms with Gasteiger partial charge in [-0.3, -0.25) is 9.59 Å². The number of carbonyl (C=O) groups excluding carboxylic acids is 2. The zero-order valence-electron chi connectivity index (χ0n) is 22.5. The van der Waals surface area contributed by atoms with Crippen molar-refractivity contribution in [2.45, 2.75) is 81.8 Å². The van der Waals surface area contributed by atoms with E-state index in [0.29, 0.717) is 24.7 Å². The average Bonchev–Trinajstić information content (AvgIpc) is 3.22. The number of ether oxygens (including phenoxy) is 4. The van der Waals surface area contributed by atoms with Crippen LogP contribution in [0.4, 0.5) is 0 Å². The lowest BCUT2D eigenvalue weighted by molar-refractivity contribution is -0.152. The van der Waals surface area contributed by atoms with Gasteiger partial charge in [0.15, 0.2) is 29.4 Å². The fraction of sp³-hybridized carbons (Fsp3) is 0.667. The third kappa shape index (κ3) is 2.64. The molecule has 8 heteroatoms. The summed E-state index contributed by atoms with van der Waals surface area (Å²) in [5, 5.41) is 0. The summed E-state index contributed by atoms with van der Waals surface area (Å²) in [4.78, 5) is 31.1. The van der Waals surface area contributed by atoms with Crippen molar-refractivity contribution in [1.29, 1.82) is 0 Å². The van der Waals surface area contributed by atoms with E-state index < -0.39 is 0 Å². The van der Waals surface area contributed by atoms with E-state index in [4.69, 9.17) is 18.9 Å². The molecule has 0 radical (unpaired) electrons. The van der Waals surface area contributed by atoms with Crippen LogP contribution < -0.4 is 9.47 Å². The van der Waals surface area contributed by atoms with Crippen LogP contribution >= 0.6 is 0 Å². The Balaban J connectivity index is 1.39. The van der Waals surface area contributed by atoms with Crippen LogP contribution in [0.25, 0.3) is 0 Å². The van der Waals surface area contributed by atoms with E-state index in [1.54, 1.807) is 21.0 Å². The fourth-order valence-electron chi connectivity index (χ4n) is 9.46. The Morgan fingerprint density at radius 3 is 2.53 bits per heavy atom. The van der Waals surface area contributed by atoms with Gasteiger partial charge in [-0.1, -0.05) is 6.07 Å². The van der Waals surface area contributed by atoms with E-state index in [2.05, 4.69) is 15.9 Å². The summed E-state index contributed by atoms with van der Waals surface area (Å²) in [6.07, 6.45) is 5.70. The molecule has 5 atom stereocenters. The predicted molar refractivity (Wildman–Crippen MR) is 137 cm³/mol. The van der Waals surface area contributed by atoms with Gasteiger partial charge in [0.2, 0.25) is 0 Å². The van der Waals surface area contributed by atoms with E-state index in [0.717, 1.165) is 56.1 Å². The SMILES string of the molecule is COc1ccc2c3c1O[C@H]1C(C4OCCO4)CC[C@]45[C@@H](C2)N(CC2CC2)C(=C(C(C)=O)C(C)=O)N4CC[C@]315. The van der Waals surface area contributed by atoms with E-state index in [1.165, 1.54) is 24.0 Å². The van der Waals surface area contributed by atoms with Crippen molar-refractivity contribution in [2.75, 3.05) is 33.4 Å². The standard InChI is InChI=1S/C30H36N2O6/c1-16(33)23(17(2)34)27-31(15-18-4-5-18)22-14-19-6-7-21(35-3)25-24(19)29-10-11-32(27)30(22,29)9-8-20(26(29)38-25)28-36-12-13-37-28/h6-7,18,20,22,26,28H,4-5,8-15H2,1-3H3/t20?,22-,26+,29+,30-/m1/s1. The van der Waals surface area contributed by atoms with Gasteiger partial charge in [-0.05, 0) is 69.9 Å². The zero-order valence-corrected chi connectivity index (χ0v) is 22.5. The van der Waals surface area contributed by atoms with Gasteiger partial charge in [-0.15, -0.1) is 0 Å². The summed E-state index contributed by atoms with van der Waals surface area (Å²) in [5.74, 6) is 3.01. The van der Waals surface area contributed by atoms with Crippen LogP contribution in [0.15, 0.2) is 23.5 Å². The second-order valence-electron chi connectivity index (χ2n) is 12.4. The van der Waals surface area contributed by atoms with Crippen LogP contribution in [0.3, 0.4) is 0 Å². The van der Waals surface area contributed by atoms with Crippen molar-refractivity contribution >= 4 is 11.6 Å². The van der Waals surface area contributed by atoms with Crippen LogP contribution in [0, 0.1) is 11.8 Å². The fourth-order valence-corrected chi connectivity index (χ4v) is 9.46. The largest absolute Gasteiger partial charge is 0.493 e. The normalized spacial score (nSPS) is 36.3. The number of ketones is 2. The third-order valence-corrected chi connectivity index (χ3v) is 10.8. The molecule has 1 aromatic carbocycles. The molecule has 3 aliphatic carbocycles. The van der Waals surface area contributed by atoms with E-state index in [9.17, 15) is 9.59 Å². The molecule has 4 heterocycles. The molecule has 2 saturated carbocycles. The van der Waals surface area contributed by atoms with Gasteiger partial charge in [0.1, 0.15) is 17.5 Å². The Morgan fingerprint density at radius 1 is 1.08 bits per heavy atom. The van der Waals surface area contributed by atoms with E-state index in [1.807, 2.05) is 6.07 Å². The molecule has 38 heavy (non-hydrogen) atoms. The second kappa shape index (κ2) is 7.75. The van der Waals surface area contributed by atoms with Gasteiger partial charge < -0.3 is 28.7 Å². The quantitative estimate of drug-likeness (QED) is 0.322. The number of nitrogens with zero attached hydrogens (tertiary/aromatic N) is 2. The van der Waals surface area contributed by atoms with Gasteiger partial charge in [0, 0.05) is 24.6 Å². The van der Waals surface area contributed by atoms with Crippen molar-refractivity contribution in [3.8, 4) is 11.5 Å². The minimum Gasteiger partial charge on any atom is -0.493 e. The summed E-state index contributed by atoms with van der Waals surface area (Å²) < 4.78 is 25.1. The van der Waals surface area contributed by atoms with Gasteiger partial charge >= 0.3 is 0 Å². The Labute approximate surface area is 223 Å². The number of hydrogen-bond acceptors (Lipinski definition) is 8. The maximum atomic E-state index is 13.1. The van der Waals surface area contributed by atoms with Crippen LogP contribution in [0.5, 0.6) is 11.5 Å². The van der Waals surface area contributed by atoms with Crippen LogP contribution in [0.1, 0.15) is 57.1 Å². The molecule has 3 saturated heterocycles. The molecule has 5 fully saturated rings. The Hall–Kier alpha value is -2.58. The third-order valence-electron chi connectivity index (χ3n) is 10.8. The summed E-state index contributed by atoms with van der Waals surface area (Å²) in [6.45, 7) is 6.04. The van der Waals surface area contributed by atoms with Gasteiger partial charge in [0.05, 0.1) is 37.3 Å². The summed E-state index contributed by atoms with van der Waals surface area (Å²) in [6, 6.07) is 4.45. The first-order valence-corrected chi connectivity index (χ1v) is 14.3. The number of hydrogen-bond donors (Lipinski definition) is 0. The molecule has 1 unspecified atom stereocenters. The number of methoxy groups -OCH3 is 1. The lowest BCUT2D eigenvalue weighted by Gasteiger charge is -2.58. The first-order valence-electron chi connectivity index (χ1n) is 14.3. The molecule has 7 aliphatic rings. The van der Waals surface area contributed by atoms with Gasteiger partial charge in [-0.25, -0.2) is 0 Å². The molecule has 0 N–H and O–H groups in total. The highest BCUT2D eigenvalue weighted by atomic mass is 16.7. The molecule has 8 rings (SSSR count). The van der Waals surface area contributed by atoms with Gasteiger partial charge in [0.25, 0.3) is 0 Å². The topological polar surface area (TPSA) is 77.5 Å². The van der Waals surface area contributed by atoms with Crippen molar-refractivity contribution in [1.82, 2.24) is 9.80 Å². The zero-order chi connectivity index (χ0) is 26.0. The lowest BCUT2D eigenvalue weighted by atomic mass is 9.49. The Morgan fingerprint density at radius 2 is 1.84 bits per heavy atom. The van der Waals surface area contributed by atoms with Crippen LogP contribution in [-0.2, 0) is 30.9 Å². The first kappa shape index (κ1) is 23.3. The summed E-state index contributed by atoms with van der Waals surface area (Å²) in [7, 11) is 1.71. The number of rotatable bonds is 6. The molecule has 2 spiro atoms. The molecule has 202 valence electrons. The highest BCUT2D eigenvalue weighted by Crippen LogP contribution is 2.72. The predicted octanol–water partition coefficient (Wildman–Crippen LogP) is 2.96. The smallest absolute Gasteiger partial charge is 0.167 e. The number of benzene rings is 1. The Bertz CT molecular complexity index is 1270. The minimum absolute atomic E-state index is 0.108. The number of Topliss-reactive ketones (excluding diaryl/α,β-unsaturated/α-hetero) is 2. The van der Waals surface area contributed by atoms with Gasteiger partial charge in [-0.2, -0.15) is 0 Å². The molecule has 0 aromatic heterocycles. The van der Waals surface area contributed by atoms with Crippen molar-refractivity contribution in [3.63, 3.8) is 0 Å². The maximum Gasteiger partial charge on any atom is 0.167 e. The Kier molecular flexibility index (Phi) is 4.76. The van der Waals surface area contributed by atoms with Crippen molar-refractivity contribution in [2.24, 2.45) is 11.8 Å². The minimum atomic E-state index is -0.282. The maximum absolute atomic E-state index is 13.1. The summed E-state index contributed by atoms with van der Waals surface area (Å²) >= 11 is 0. The van der Waals surface area contributed by atoms with E-state index >= 15 is 0 Å². The first-order chi connectivity index (χ1) is 18.4. The van der Waals surface area contributed by atoms with Crippen molar-refractivity contribution < 1.29 is 28.5 Å². The highest BCUT2D eigenvalue weighted by molar-refractivity contribution is 6.19. The highest BCUT2D eigenvalue weighted by Gasteiger charge is 2.79. The molecule has 0 bridgehead atoms. The monoisotopic (exact) mass is 520 g/mol. The van der Waals surface area contributed by atoms with Crippen LogP contribution in [0.2, 0.25) is 0 Å². The lowest BCUT2D eigenvalue weighted by Crippen LogP contribution is -2.71. The molecule has 8 nitrogen and oxygen atoms in total. The summed E-state index contributed by atoms with van der Waals surface area (Å²) in [5.41, 5.74) is 2.44. The molecule has 4 aliphatic heterocycles.